The third-order valence-corrected chi connectivity index (χ3v) is 10.4. The first-order chi connectivity index (χ1) is 15.5. The van der Waals surface area contributed by atoms with E-state index in [0.717, 1.165) is 51.5 Å². The van der Waals surface area contributed by atoms with Crippen LogP contribution in [0.25, 0.3) is 0 Å². The van der Waals surface area contributed by atoms with E-state index in [0.29, 0.717) is 36.0 Å². The number of carboxylic acids is 1. The number of carboxylic acid groups (broad SMARTS) is 1. The third-order valence-electron chi connectivity index (χ3n) is 10.4. The minimum Gasteiger partial charge on any atom is -0.481 e. The molecule has 0 bridgehead atoms. The molecule has 4 fully saturated rings. The Morgan fingerprint density at radius 1 is 1.09 bits per heavy atom. The number of aliphatic carboxylic acids is 1. The first-order valence-electron chi connectivity index (χ1n) is 13.3. The Morgan fingerprint density at radius 2 is 1.82 bits per heavy atom. The molecule has 0 heterocycles. The van der Waals surface area contributed by atoms with Crippen LogP contribution < -0.4 is 5.32 Å². The average molecular weight is 464 g/mol. The topological polar surface area (TPSA) is 95.9 Å². The fraction of sp³-hybridized carbons (Fsp3) is 0.926. The monoisotopic (exact) mass is 463 g/mol. The van der Waals surface area contributed by atoms with Crippen LogP contribution in [0.3, 0.4) is 0 Å². The maximum atomic E-state index is 12.2. The zero-order chi connectivity index (χ0) is 24.1. The summed E-state index contributed by atoms with van der Waals surface area (Å²) in [5.74, 6) is 1.18. The van der Waals surface area contributed by atoms with Gasteiger partial charge in [0.1, 0.15) is 6.10 Å². The standard InChI is InChI=1S/C27H45NO5/c1-15(2)10-11-28-21-13-27(5)19(8-9-20(27)25(31)32)18-7-6-17-12-23(33-16(3)29)22(30)14-26(17,4)24(18)21/h15,17-24,28,30H,6-14H2,1-5H3,(H,31,32)/t17?,18-,19-,20?,21?,22?,23?,24-,26-,27-/m0/s1. The van der Waals surface area contributed by atoms with Crippen molar-refractivity contribution < 1.29 is 24.5 Å². The quantitative estimate of drug-likeness (QED) is 0.510. The van der Waals surface area contributed by atoms with Crippen LogP contribution in [0.5, 0.6) is 0 Å². The van der Waals surface area contributed by atoms with Crippen LogP contribution in [0.1, 0.15) is 86.0 Å². The van der Waals surface area contributed by atoms with Crippen LogP contribution in [0, 0.1) is 46.3 Å². The molecule has 33 heavy (non-hydrogen) atoms. The molecule has 0 radical (unpaired) electrons. The Morgan fingerprint density at radius 3 is 2.45 bits per heavy atom. The largest absolute Gasteiger partial charge is 0.481 e. The molecular weight excluding hydrogens is 418 g/mol. The van der Waals surface area contributed by atoms with Gasteiger partial charge in [-0.15, -0.1) is 0 Å². The lowest BCUT2D eigenvalue weighted by molar-refractivity contribution is -0.188. The Balaban J connectivity index is 1.65. The molecule has 3 N–H and O–H groups in total. The smallest absolute Gasteiger partial charge is 0.307 e. The highest BCUT2D eigenvalue weighted by Gasteiger charge is 2.65. The summed E-state index contributed by atoms with van der Waals surface area (Å²) in [6.45, 7) is 11.5. The second-order valence-electron chi connectivity index (χ2n) is 12.7. The summed E-state index contributed by atoms with van der Waals surface area (Å²) >= 11 is 0. The summed E-state index contributed by atoms with van der Waals surface area (Å²) in [7, 11) is 0. The molecule has 4 saturated carbocycles. The fourth-order valence-electron chi connectivity index (χ4n) is 8.95. The van der Waals surface area contributed by atoms with Gasteiger partial charge < -0.3 is 20.3 Å². The predicted octanol–water partition coefficient (Wildman–Crippen LogP) is 4.25. The van der Waals surface area contributed by atoms with Gasteiger partial charge in [-0.2, -0.15) is 0 Å². The van der Waals surface area contributed by atoms with Gasteiger partial charge in [0.15, 0.2) is 0 Å². The molecular formula is C27H45NO5. The highest BCUT2D eigenvalue weighted by molar-refractivity contribution is 5.71. The van der Waals surface area contributed by atoms with Crippen LogP contribution in [0.4, 0.5) is 0 Å². The number of carbonyl (C=O) groups is 2. The number of hydrogen-bond donors (Lipinski definition) is 3. The predicted molar refractivity (Wildman–Crippen MR) is 126 cm³/mol. The first kappa shape index (κ1) is 25.0. The lowest BCUT2D eigenvalue weighted by Crippen LogP contribution is -2.64. The van der Waals surface area contributed by atoms with E-state index in [1.54, 1.807) is 0 Å². The van der Waals surface area contributed by atoms with Crippen molar-refractivity contribution in [2.45, 2.75) is 104 Å². The van der Waals surface area contributed by atoms with E-state index in [1.807, 2.05) is 0 Å². The van der Waals surface area contributed by atoms with Gasteiger partial charge in [0.2, 0.25) is 0 Å². The number of ether oxygens (including phenoxy) is 1. The molecule has 0 spiro atoms. The van der Waals surface area contributed by atoms with Gasteiger partial charge in [0, 0.05) is 13.0 Å². The average Bonchev–Trinajstić information content (AvgIpc) is 3.04. The maximum absolute atomic E-state index is 12.2. The molecule has 0 amide bonds. The van der Waals surface area contributed by atoms with Gasteiger partial charge >= 0.3 is 11.9 Å². The molecule has 4 aliphatic rings. The maximum Gasteiger partial charge on any atom is 0.307 e. The van der Waals surface area contributed by atoms with Gasteiger partial charge in [-0.3, -0.25) is 9.59 Å². The second kappa shape index (κ2) is 9.14. The van der Waals surface area contributed by atoms with E-state index >= 15 is 0 Å². The molecule has 6 heteroatoms. The van der Waals surface area contributed by atoms with Crippen LogP contribution in [0.15, 0.2) is 0 Å². The molecule has 0 aromatic heterocycles. The van der Waals surface area contributed by atoms with E-state index in [2.05, 4.69) is 33.0 Å². The lowest BCUT2D eigenvalue weighted by atomic mass is 9.43. The van der Waals surface area contributed by atoms with E-state index < -0.39 is 18.2 Å². The zero-order valence-electron chi connectivity index (χ0n) is 21.2. The molecule has 4 rings (SSSR count). The minimum absolute atomic E-state index is 0.0306. The van der Waals surface area contributed by atoms with Crippen LogP contribution in [-0.2, 0) is 14.3 Å². The number of hydrogen-bond acceptors (Lipinski definition) is 5. The molecule has 0 aromatic rings. The molecule has 0 aromatic carbocycles. The molecule has 0 aliphatic heterocycles. The van der Waals surface area contributed by atoms with Crippen LogP contribution >= 0.6 is 0 Å². The lowest BCUT2D eigenvalue weighted by Gasteiger charge is -2.64. The van der Waals surface area contributed by atoms with E-state index in [-0.39, 0.29) is 28.8 Å². The summed E-state index contributed by atoms with van der Waals surface area (Å²) in [6, 6.07) is 0.264. The highest BCUT2D eigenvalue weighted by Crippen LogP contribution is 2.67. The second-order valence-corrected chi connectivity index (χ2v) is 12.7. The van der Waals surface area contributed by atoms with Crippen LogP contribution in [-0.4, -0.2) is 46.9 Å². The number of esters is 1. The fourth-order valence-corrected chi connectivity index (χ4v) is 8.95. The van der Waals surface area contributed by atoms with E-state index in [4.69, 9.17) is 4.74 Å². The third kappa shape index (κ3) is 4.35. The van der Waals surface area contributed by atoms with E-state index in [9.17, 15) is 19.8 Å². The van der Waals surface area contributed by atoms with Crippen molar-refractivity contribution in [1.29, 1.82) is 0 Å². The van der Waals surface area contributed by atoms with Crippen molar-refractivity contribution in [2.75, 3.05) is 6.54 Å². The van der Waals surface area contributed by atoms with Crippen molar-refractivity contribution in [3.8, 4) is 0 Å². The van der Waals surface area contributed by atoms with Gasteiger partial charge in [-0.25, -0.2) is 0 Å². The van der Waals surface area contributed by atoms with Gasteiger partial charge in [0.25, 0.3) is 0 Å². The van der Waals surface area contributed by atoms with Crippen molar-refractivity contribution in [3.63, 3.8) is 0 Å². The number of aliphatic hydroxyl groups is 1. The van der Waals surface area contributed by atoms with Gasteiger partial charge in [-0.1, -0.05) is 27.7 Å². The molecule has 4 aliphatic carbocycles. The molecule has 0 saturated heterocycles. The number of fused-ring (bicyclic) bond motifs is 5. The number of nitrogens with one attached hydrogen (secondary N) is 1. The summed E-state index contributed by atoms with van der Waals surface area (Å²) < 4.78 is 5.51. The summed E-state index contributed by atoms with van der Waals surface area (Å²) in [5, 5.41) is 25.0. The normalized spacial score (nSPS) is 46.9. The zero-order valence-corrected chi connectivity index (χ0v) is 21.2. The molecule has 10 atom stereocenters. The molecule has 188 valence electrons. The highest BCUT2D eigenvalue weighted by atomic mass is 16.6. The Kier molecular flexibility index (Phi) is 6.92. The number of rotatable bonds is 6. The SMILES string of the molecule is CC(=O)OC1CC2CC[C@@H]3[C@@H](C(NCCC(C)C)C[C@]4(C)C(C(=O)O)CC[C@@H]34)[C@@]2(C)CC1O. The summed E-state index contributed by atoms with van der Waals surface area (Å²) in [5.41, 5.74) is -0.198. The van der Waals surface area contributed by atoms with Crippen LogP contribution in [0.2, 0.25) is 0 Å². The van der Waals surface area contributed by atoms with Crippen molar-refractivity contribution >= 4 is 11.9 Å². The first-order valence-corrected chi connectivity index (χ1v) is 13.3. The molecule has 5 unspecified atom stereocenters. The van der Waals surface area contributed by atoms with Crippen molar-refractivity contribution in [1.82, 2.24) is 5.32 Å². The van der Waals surface area contributed by atoms with Crippen molar-refractivity contribution in [2.24, 2.45) is 46.3 Å². The minimum atomic E-state index is -0.631. The number of aliphatic hydroxyl groups excluding tert-OH is 1. The van der Waals surface area contributed by atoms with Gasteiger partial charge in [0.05, 0.1) is 12.0 Å². The Bertz CT molecular complexity index is 755. The van der Waals surface area contributed by atoms with Gasteiger partial charge in [-0.05, 0) is 98.3 Å². The summed E-state index contributed by atoms with van der Waals surface area (Å²) in [6.07, 6.45) is 6.35. The number of carbonyl (C=O) groups excluding carboxylic acids is 1. The molecule has 6 nitrogen and oxygen atoms in total. The summed E-state index contributed by atoms with van der Waals surface area (Å²) in [4.78, 5) is 23.8. The Hall–Kier alpha value is -1.14. The van der Waals surface area contributed by atoms with Crippen molar-refractivity contribution in [3.05, 3.63) is 0 Å². The Labute approximate surface area is 199 Å². The van der Waals surface area contributed by atoms with E-state index in [1.165, 1.54) is 6.92 Å².